The largest absolute Gasteiger partial charge is 0.351 e. The molecule has 1 heterocycles. The van der Waals surface area contributed by atoms with Crippen LogP contribution >= 0.6 is 11.3 Å². The monoisotopic (exact) mass is 226 g/mol. The zero-order chi connectivity index (χ0) is 11.3. The number of thiophene rings is 1. The van der Waals surface area contributed by atoms with Gasteiger partial charge in [-0.2, -0.15) is 0 Å². The van der Waals surface area contributed by atoms with E-state index in [9.17, 15) is 4.79 Å². The molecule has 0 spiro atoms. The summed E-state index contributed by atoms with van der Waals surface area (Å²) < 4.78 is 0. The summed E-state index contributed by atoms with van der Waals surface area (Å²) in [6.45, 7) is 4.61. The molecule has 0 radical (unpaired) electrons. The van der Waals surface area contributed by atoms with Crippen molar-refractivity contribution in [3.63, 3.8) is 0 Å². The molecule has 1 aromatic heterocycles. The summed E-state index contributed by atoms with van der Waals surface area (Å²) in [5.74, 6) is 0.0834. The Morgan fingerprint density at radius 3 is 2.93 bits per heavy atom. The first-order valence-electron chi connectivity index (χ1n) is 5.15. The molecule has 0 aliphatic rings. The van der Waals surface area contributed by atoms with Crippen molar-refractivity contribution in [3.05, 3.63) is 21.9 Å². The van der Waals surface area contributed by atoms with E-state index in [-0.39, 0.29) is 11.9 Å². The molecule has 4 heteroatoms. The van der Waals surface area contributed by atoms with Crippen LogP contribution < -0.4 is 11.1 Å². The molecule has 1 rings (SSSR count). The van der Waals surface area contributed by atoms with Crippen LogP contribution in [0.25, 0.3) is 0 Å². The molecule has 15 heavy (non-hydrogen) atoms. The minimum atomic E-state index is 0.0834. The van der Waals surface area contributed by atoms with Crippen molar-refractivity contribution in [1.82, 2.24) is 5.32 Å². The van der Waals surface area contributed by atoms with E-state index >= 15 is 0 Å². The molecule has 0 saturated heterocycles. The maximum Gasteiger partial charge on any atom is 0.220 e. The number of hydrogen-bond donors (Lipinski definition) is 2. The van der Waals surface area contributed by atoms with Gasteiger partial charge in [0.1, 0.15) is 0 Å². The van der Waals surface area contributed by atoms with E-state index in [2.05, 4.69) is 18.3 Å². The molecule has 3 nitrogen and oxygen atoms in total. The highest BCUT2D eigenvalue weighted by Gasteiger charge is 2.05. The Morgan fingerprint density at radius 2 is 2.40 bits per heavy atom. The fraction of sp³-hybridized carbons (Fsp3) is 0.545. The van der Waals surface area contributed by atoms with Gasteiger partial charge in [-0.3, -0.25) is 4.79 Å². The molecule has 1 aromatic rings. The second kappa shape index (κ2) is 5.88. The predicted molar refractivity (Wildman–Crippen MR) is 63.8 cm³/mol. The third-order valence-electron chi connectivity index (χ3n) is 2.24. The van der Waals surface area contributed by atoms with Crippen molar-refractivity contribution in [1.29, 1.82) is 0 Å². The molecule has 0 aromatic carbocycles. The van der Waals surface area contributed by atoms with Crippen molar-refractivity contribution in [2.75, 3.05) is 0 Å². The van der Waals surface area contributed by atoms with E-state index < -0.39 is 0 Å². The minimum Gasteiger partial charge on any atom is -0.351 e. The summed E-state index contributed by atoms with van der Waals surface area (Å²) in [4.78, 5) is 12.6. The zero-order valence-electron chi connectivity index (χ0n) is 9.25. The molecule has 1 amide bonds. The van der Waals surface area contributed by atoms with Crippen molar-refractivity contribution in [2.45, 2.75) is 39.3 Å². The molecule has 0 fully saturated rings. The number of nitrogens with two attached hydrogens (primary N) is 1. The van der Waals surface area contributed by atoms with E-state index in [1.54, 1.807) is 11.3 Å². The summed E-state index contributed by atoms with van der Waals surface area (Å²) in [6.07, 6.45) is 1.26. The average molecular weight is 226 g/mol. The first-order chi connectivity index (χ1) is 7.09. The SMILES string of the molecule is Cc1ccsc1CNC(=O)CCC(C)N. The number of aryl methyl sites for hydroxylation is 1. The van der Waals surface area contributed by atoms with Gasteiger partial charge in [0.05, 0.1) is 6.54 Å². The van der Waals surface area contributed by atoms with E-state index in [4.69, 9.17) is 5.73 Å². The second-order valence-electron chi connectivity index (χ2n) is 3.82. The van der Waals surface area contributed by atoms with Gasteiger partial charge < -0.3 is 11.1 Å². The minimum absolute atomic E-state index is 0.0834. The first kappa shape index (κ1) is 12.2. The van der Waals surface area contributed by atoms with Crippen molar-refractivity contribution in [3.8, 4) is 0 Å². The quantitative estimate of drug-likeness (QED) is 0.804. The van der Waals surface area contributed by atoms with Crippen LogP contribution in [0.4, 0.5) is 0 Å². The summed E-state index contributed by atoms with van der Waals surface area (Å²) in [5, 5.41) is 4.94. The Kier molecular flexibility index (Phi) is 4.78. The molecule has 1 atom stereocenters. The average Bonchev–Trinajstić information content (AvgIpc) is 2.58. The van der Waals surface area contributed by atoms with Crippen LogP contribution in [0.2, 0.25) is 0 Å². The van der Waals surface area contributed by atoms with Gasteiger partial charge in [-0.1, -0.05) is 0 Å². The second-order valence-corrected chi connectivity index (χ2v) is 4.82. The number of nitrogens with one attached hydrogen (secondary N) is 1. The molecule has 1 unspecified atom stereocenters. The van der Waals surface area contributed by atoms with E-state index in [1.807, 2.05) is 12.3 Å². The summed E-state index contributed by atoms with van der Waals surface area (Å²) >= 11 is 1.68. The normalized spacial score (nSPS) is 12.5. The standard InChI is InChI=1S/C11H18N2OS/c1-8-5-6-15-10(8)7-13-11(14)4-3-9(2)12/h5-6,9H,3-4,7,12H2,1-2H3,(H,13,14). The highest BCUT2D eigenvalue weighted by Crippen LogP contribution is 2.14. The molecule has 3 N–H and O–H groups in total. The fourth-order valence-electron chi connectivity index (χ4n) is 1.21. The predicted octanol–water partition coefficient (Wildman–Crippen LogP) is 1.80. The Labute approximate surface area is 94.7 Å². The lowest BCUT2D eigenvalue weighted by atomic mass is 10.2. The lowest BCUT2D eigenvalue weighted by Crippen LogP contribution is -2.25. The summed E-state index contributed by atoms with van der Waals surface area (Å²) in [6, 6.07) is 2.16. The smallest absolute Gasteiger partial charge is 0.220 e. The van der Waals surface area contributed by atoms with E-state index in [0.29, 0.717) is 13.0 Å². The molecule has 0 saturated carbocycles. The van der Waals surface area contributed by atoms with Gasteiger partial charge in [0.25, 0.3) is 0 Å². The van der Waals surface area contributed by atoms with Crippen LogP contribution in [0.5, 0.6) is 0 Å². The van der Waals surface area contributed by atoms with Crippen LogP contribution in [0.15, 0.2) is 11.4 Å². The Bertz CT molecular complexity index is 320. The lowest BCUT2D eigenvalue weighted by molar-refractivity contribution is -0.121. The van der Waals surface area contributed by atoms with Crippen molar-refractivity contribution in [2.24, 2.45) is 5.73 Å². The van der Waals surface area contributed by atoms with Gasteiger partial charge in [0.15, 0.2) is 0 Å². The van der Waals surface area contributed by atoms with Crippen LogP contribution in [-0.2, 0) is 11.3 Å². The van der Waals surface area contributed by atoms with Crippen LogP contribution in [-0.4, -0.2) is 11.9 Å². The number of amides is 1. The van der Waals surface area contributed by atoms with Crippen molar-refractivity contribution >= 4 is 17.2 Å². The van der Waals surface area contributed by atoms with Gasteiger partial charge in [-0.25, -0.2) is 0 Å². The highest BCUT2D eigenvalue weighted by molar-refractivity contribution is 7.10. The van der Waals surface area contributed by atoms with Crippen LogP contribution in [0, 0.1) is 6.92 Å². The maximum atomic E-state index is 11.4. The molecule has 0 aliphatic heterocycles. The third kappa shape index (κ3) is 4.44. The van der Waals surface area contributed by atoms with E-state index in [0.717, 1.165) is 6.42 Å². The topological polar surface area (TPSA) is 55.1 Å². The summed E-state index contributed by atoms with van der Waals surface area (Å²) in [5.41, 5.74) is 6.82. The highest BCUT2D eigenvalue weighted by atomic mass is 32.1. The lowest BCUT2D eigenvalue weighted by Gasteiger charge is -2.06. The first-order valence-corrected chi connectivity index (χ1v) is 6.03. The van der Waals surface area contributed by atoms with Gasteiger partial charge in [-0.15, -0.1) is 11.3 Å². The molecule has 0 aliphatic carbocycles. The molecular weight excluding hydrogens is 208 g/mol. The fourth-order valence-corrected chi connectivity index (χ4v) is 2.06. The molecule has 84 valence electrons. The van der Waals surface area contributed by atoms with E-state index in [1.165, 1.54) is 10.4 Å². The van der Waals surface area contributed by atoms with Gasteiger partial charge >= 0.3 is 0 Å². The van der Waals surface area contributed by atoms with Crippen LogP contribution in [0.3, 0.4) is 0 Å². The van der Waals surface area contributed by atoms with Crippen molar-refractivity contribution < 1.29 is 4.79 Å². The van der Waals surface area contributed by atoms with Crippen LogP contribution in [0.1, 0.15) is 30.2 Å². The number of carbonyl (C=O) groups is 1. The molecule has 0 bridgehead atoms. The van der Waals surface area contributed by atoms with Gasteiger partial charge in [0.2, 0.25) is 5.91 Å². The Balaban J connectivity index is 2.26. The maximum absolute atomic E-state index is 11.4. The number of rotatable bonds is 5. The van der Waals surface area contributed by atoms with Gasteiger partial charge in [0, 0.05) is 17.3 Å². The zero-order valence-corrected chi connectivity index (χ0v) is 10.1. The van der Waals surface area contributed by atoms with Gasteiger partial charge in [-0.05, 0) is 37.3 Å². The Morgan fingerprint density at radius 1 is 1.67 bits per heavy atom. The number of carbonyl (C=O) groups excluding carboxylic acids is 1. The Hall–Kier alpha value is -0.870. The number of hydrogen-bond acceptors (Lipinski definition) is 3. The third-order valence-corrected chi connectivity index (χ3v) is 3.26. The summed E-state index contributed by atoms with van der Waals surface area (Å²) in [7, 11) is 0. The molecular formula is C11H18N2OS.